The molecule has 102 valence electrons. The number of hydrazone groups is 1. The van der Waals surface area contributed by atoms with Crippen molar-refractivity contribution in [2.45, 2.75) is 6.92 Å². The summed E-state index contributed by atoms with van der Waals surface area (Å²) in [5, 5.41) is 13.9. The van der Waals surface area contributed by atoms with Crippen molar-refractivity contribution in [2.24, 2.45) is 5.10 Å². The Morgan fingerprint density at radius 2 is 1.80 bits per heavy atom. The van der Waals surface area contributed by atoms with E-state index in [2.05, 4.69) is 10.5 Å². The maximum absolute atomic E-state index is 11.1. The third-order valence-electron chi connectivity index (χ3n) is 2.76. The van der Waals surface area contributed by atoms with Gasteiger partial charge in [0.2, 0.25) is 0 Å². The van der Waals surface area contributed by atoms with Gasteiger partial charge in [-0.25, -0.2) is 4.79 Å². The molecule has 0 saturated carbocycles. The average molecular weight is 289 g/mol. The summed E-state index contributed by atoms with van der Waals surface area (Å²) < 4.78 is 0. The van der Waals surface area contributed by atoms with E-state index in [0.717, 1.165) is 11.3 Å². The van der Waals surface area contributed by atoms with E-state index in [4.69, 9.17) is 16.7 Å². The minimum atomic E-state index is -0.993. The van der Waals surface area contributed by atoms with E-state index in [0.29, 0.717) is 10.7 Å². The fourth-order valence-electron chi connectivity index (χ4n) is 1.67. The minimum Gasteiger partial charge on any atom is -0.478 e. The second-order valence-corrected chi connectivity index (χ2v) is 4.60. The van der Waals surface area contributed by atoms with Gasteiger partial charge >= 0.3 is 5.97 Å². The molecule has 0 amide bonds. The van der Waals surface area contributed by atoms with Gasteiger partial charge in [-0.05, 0) is 36.8 Å². The van der Waals surface area contributed by atoms with Crippen molar-refractivity contribution < 1.29 is 9.90 Å². The molecule has 2 N–H and O–H groups in total. The monoisotopic (exact) mass is 288 g/mol. The van der Waals surface area contributed by atoms with Crippen LogP contribution in [0.2, 0.25) is 5.02 Å². The van der Waals surface area contributed by atoms with E-state index >= 15 is 0 Å². The summed E-state index contributed by atoms with van der Waals surface area (Å²) in [6.45, 7) is 1.83. The summed E-state index contributed by atoms with van der Waals surface area (Å²) in [6.07, 6.45) is 0. The van der Waals surface area contributed by atoms with Crippen molar-refractivity contribution in [3.8, 4) is 0 Å². The minimum absolute atomic E-state index is 0.181. The van der Waals surface area contributed by atoms with Crippen LogP contribution < -0.4 is 5.43 Å². The second-order valence-electron chi connectivity index (χ2n) is 4.17. The summed E-state index contributed by atoms with van der Waals surface area (Å²) in [6, 6.07) is 13.9. The molecule has 0 spiro atoms. The molecule has 2 rings (SSSR count). The molecular formula is C15H13ClN2O2. The van der Waals surface area contributed by atoms with Crippen LogP contribution in [0.15, 0.2) is 53.6 Å². The maximum Gasteiger partial charge on any atom is 0.337 e. The predicted octanol–water partition coefficient (Wildman–Crippen LogP) is 3.87. The summed E-state index contributed by atoms with van der Waals surface area (Å²) >= 11 is 5.82. The lowest BCUT2D eigenvalue weighted by Gasteiger charge is -2.06. The number of rotatable bonds is 4. The highest BCUT2D eigenvalue weighted by atomic mass is 35.5. The number of hydrogen-bond acceptors (Lipinski definition) is 3. The van der Waals surface area contributed by atoms with Crippen molar-refractivity contribution in [1.29, 1.82) is 0 Å². The van der Waals surface area contributed by atoms with Crippen LogP contribution in [-0.4, -0.2) is 16.8 Å². The van der Waals surface area contributed by atoms with Gasteiger partial charge in [-0.1, -0.05) is 35.9 Å². The first-order valence-electron chi connectivity index (χ1n) is 5.96. The van der Waals surface area contributed by atoms with Gasteiger partial charge in [0.05, 0.1) is 17.0 Å². The smallest absolute Gasteiger partial charge is 0.337 e. The molecule has 2 aromatic rings. The summed E-state index contributed by atoms with van der Waals surface area (Å²) in [7, 11) is 0. The fraction of sp³-hybridized carbons (Fsp3) is 0.0667. The van der Waals surface area contributed by atoms with Gasteiger partial charge in [-0.3, -0.25) is 5.43 Å². The molecule has 0 aliphatic carbocycles. The zero-order valence-corrected chi connectivity index (χ0v) is 11.6. The molecule has 0 unspecified atom stereocenters. The van der Waals surface area contributed by atoms with Crippen molar-refractivity contribution in [3.05, 3.63) is 64.7 Å². The standard InChI is InChI=1S/C15H13ClN2O2/c1-10(11-6-8-12(16)9-7-11)17-18-14-5-3-2-4-13(14)15(19)20/h2-9,18H,1H3,(H,19,20). The van der Waals surface area contributed by atoms with E-state index in [9.17, 15) is 4.79 Å². The molecule has 0 radical (unpaired) electrons. The molecule has 0 aliphatic heterocycles. The molecule has 20 heavy (non-hydrogen) atoms. The lowest BCUT2D eigenvalue weighted by molar-refractivity contribution is 0.0698. The first-order valence-corrected chi connectivity index (χ1v) is 6.34. The van der Waals surface area contributed by atoms with Crippen LogP contribution >= 0.6 is 11.6 Å². The zero-order valence-electron chi connectivity index (χ0n) is 10.8. The molecule has 4 nitrogen and oxygen atoms in total. The number of para-hydroxylation sites is 1. The Morgan fingerprint density at radius 1 is 1.15 bits per heavy atom. The number of anilines is 1. The van der Waals surface area contributed by atoms with Gasteiger partial charge in [-0.2, -0.15) is 5.10 Å². The molecule has 0 heterocycles. The molecule has 0 fully saturated rings. The lowest BCUT2D eigenvalue weighted by atomic mass is 10.1. The molecule has 0 aliphatic rings. The third-order valence-corrected chi connectivity index (χ3v) is 3.02. The average Bonchev–Trinajstić information content (AvgIpc) is 2.45. The Kier molecular flexibility index (Phi) is 4.38. The Bertz CT molecular complexity index is 651. The molecule has 0 atom stereocenters. The third kappa shape index (κ3) is 3.36. The highest BCUT2D eigenvalue weighted by molar-refractivity contribution is 6.30. The van der Waals surface area contributed by atoms with Gasteiger partial charge in [0.1, 0.15) is 0 Å². The molecule has 0 saturated heterocycles. The first-order chi connectivity index (χ1) is 9.58. The summed E-state index contributed by atoms with van der Waals surface area (Å²) in [4.78, 5) is 11.1. The number of nitrogens with zero attached hydrogens (tertiary/aromatic N) is 1. The van der Waals surface area contributed by atoms with Crippen molar-refractivity contribution >= 4 is 29.0 Å². The van der Waals surface area contributed by atoms with Gasteiger partial charge in [0.15, 0.2) is 0 Å². The number of aromatic carboxylic acids is 1. The Balaban J connectivity index is 2.21. The number of halogens is 1. The number of carboxylic acids is 1. The van der Waals surface area contributed by atoms with Crippen molar-refractivity contribution in [3.63, 3.8) is 0 Å². The van der Waals surface area contributed by atoms with Crippen LogP contribution in [0, 0.1) is 0 Å². The van der Waals surface area contributed by atoms with Gasteiger partial charge < -0.3 is 5.11 Å². The number of carbonyl (C=O) groups is 1. The Labute approximate surface area is 121 Å². The van der Waals surface area contributed by atoms with Gasteiger partial charge in [0.25, 0.3) is 0 Å². The topological polar surface area (TPSA) is 61.7 Å². The Hall–Kier alpha value is -2.33. The normalized spacial score (nSPS) is 11.2. The SMILES string of the molecule is CC(=NNc1ccccc1C(=O)O)c1ccc(Cl)cc1. The molecule has 2 aromatic carbocycles. The van der Waals surface area contributed by atoms with Gasteiger partial charge in [-0.15, -0.1) is 0 Å². The van der Waals surface area contributed by atoms with Crippen LogP contribution in [0.5, 0.6) is 0 Å². The van der Waals surface area contributed by atoms with E-state index in [1.165, 1.54) is 6.07 Å². The maximum atomic E-state index is 11.1. The van der Waals surface area contributed by atoms with Crippen LogP contribution in [-0.2, 0) is 0 Å². The van der Waals surface area contributed by atoms with Crippen molar-refractivity contribution in [2.75, 3.05) is 5.43 Å². The fourth-order valence-corrected chi connectivity index (χ4v) is 1.79. The number of carboxylic acid groups (broad SMARTS) is 1. The number of nitrogens with one attached hydrogen (secondary N) is 1. The summed E-state index contributed by atoms with van der Waals surface area (Å²) in [5.74, 6) is -0.993. The second kappa shape index (κ2) is 6.21. The van der Waals surface area contributed by atoms with Gasteiger partial charge in [0, 0.05) is 5.02 Å². The van der Waals surface area contributed by atoms with Crippen molar-refractivity contribution in [1.82, 2.24) is 0 Å². The highest BCUT2D eigenvalue weighted by Crippen LogP contribution is 2.15. The van der Waals surface area contributed by atoms with E-state index in [-0.39, 0.29) is 5.56 Å². The molecular weight excluding hydrogens is 276 g/mol. The molecule has 5 heteroatoms. The largest absolute Gasteiger partial charge is 0.478 e. The number of benzene rings is 2. The summed E-state index contributed by atoms with van der Waals surface area (Å²) in [5.41, 5.74) is 5.06. The predicted molar refractivity (Wildman–Crippen MR) is 80.7 cm³/mol. The van der Waals surface area contributed by atoms with Crippen LogP contribution in [0.3, 0.4) is 0 Å². The molecule has 0 bridgehead atoms. The quantitative estimate of drug-likeness (QED) is 0.663. The van der Waals surface area contributed by atoms with E-state index in [1.54, 1.807) is 30.3 Å². The zero-order chi connectivity index (χ0) is 14.5. The van der Waals surface area contributed by atoms with E-state index < -0.39 is 5.97 Å². The van der Waals surface area contributed by atoms with Crippen LogP contribution in [0.4, 0.5) is 5.69 Å². The Morgan fingerprint density at radius 3 is 2.45 bits per heavy atom. The van der Waals surface area contributed by atoms with E-state index in [1.807, 2.05) is 19.1 Å². The first kappa shape index (κ1) is 14.1. The highest BCUT2D eigenvalue weighted by Gasteiger charge is 2.08. The lowest BCUT2D eigenvalue weighted by Crippen LogP contribution is -2.04. The molecule has 0 aromatic heterocycles. The van der Waals surface area contributed by atoms with Crippen LogP contribution in [0.1, 0.15) is 22.8 Å². The van der Waals surface area contributed by atoms with Crippen LogP contribution in [0.25, 0.3) is 0 Å². The number of hydrogen-bond donors (Lipinski definition) is 2.